The van der Waals surface area contributed by atoms with Gasteiger partial charge in [0.1, 0.15) is 11.8 Å². The number of carbonyl (C=O) groups excluding carboxylic acids is 1. The van der Waals surface area contributed by atoms with Crippen LogP contribution in [0.5, 0.6) is 28.7 Å². The summed E-state index contributed by atoms with van der Waals surface area (Å²) in [5, 5.41) is 36.7. The molecule has 2 aromatic carbocycles. The lowest BCUT2D eigenvalue weighted by molar-refractivity contribution is -0.122. The second kappa shape index (κ2) is 9.75. The number of ether oxygens (including phenoxy) is 3. The van der Waals surface area contributed by atoms with E-state index < -0.39 is 12.1 Å². The van der Waals surface area contributed by atoms with Gasteiger partial charge in [0.2, 0.25) is 12.7 Å². The summed E-state index contributed by atoms with van der Waals surface area (Å²) in [6.07, 6.45) is 2.13. The van der Waals surface area contributed by atoms with Gasteiger partial charge in [-0.2, -0.15) is 5.26 Å². The van der Waals surface area contributed by atoms with Gasteiger partial charge in [0.25, 0.3) is 0 Å². The Morgan fingerprint density at radius 3 is 2.62 bits per heavy atom. The molecule has 212 valence electrons. The highest BCUT2D eigenvalue weighted by Gasteiger charge is 2.56. The van der Waals surface area contributed by atoms with Crippen molar-refractivity contribution >= 4 is 5.91 Å². The first-order valence-corrected chi connectivity index (χ1v) is 13.9. The van der Waals surface area contributed by atoms with Crippen molar-refractivity contribution in [3.63, 3.8) is 0 Å². The van der Waals surface area contributed by atoms with Crippen molar-refractivity contribution in [2.24, 2.45) is 0 Å². The summed E-state index contributed by atoms with van der Waals surface area (Å²) in [5.41, 5.74) is 4.74. The number of hydrogen-bond donors (Lipinski definition) is 3. The zero-order chi connectivity index (χ0) is 28.5. The minimum atomic E-state index is -0.508. The summed E-state index contributed by atoms with van der Waals surface area (Å²) in [6, 6.07) is 2.98. The van der Waals surface area contributed by atoms with Crippen LogP contribution in [0.15, 0.2) is 6.07 Å². The van der Waals surface area contributed by atoms with Crippen LogP contribution in [0.4, 0.5) is 0 Å². The van der Waals surface area contributed by atoms with Crippen LogP contribution in [0, 0.1) is 25.2 Å². The van der Waals surface area contributed by atoms with Gasteiger partial charge in [-0.25, -0.2) is 0 Å². The van der Waals surface area contributed by atoms with Crippen LogP contribution >= 0.6 is 0 Å². The molecule has 3 N–H and O–H groups in total. The minimum Gasteiger partial charge on any atom is -0.507 e. The molecule has 5 atom stereocenters. The highest BCUT2D eigenvalue weighted by atomic mass is 16.7. The number of nitrogens with zero attached hydrogens (tertiary/aromatic N) is 3. The summed E-state index contributed by atoms with van der Waals surface area (Å²) in [5.74, 6) is 1.71. The van der Waals surface area contributed by atoms with E-state index in [1.165, 1.54) is 0 Å². The number of benzene rings is 2. The summed E-state index contributed by atoms with van der Waals surface area (Å²) in [7, 11) is 3.56. The van der Waals surface area contributed by atoms with Gasteiger partial charge >= 0.3 is 0 Å². The lowest BCUT2D eigenvalue weighted by Crippen LogP contribution is -2.68. The van der Waals surface area contributed by atoms with Crippen LogP contribution in [0.3, 0.4) is 0 Å². The number of phenolic OH excluding ortho intramolecular Hbond substituents is 2. The number of aromatic hydroxyl groups is 2. The molecule has 4 aliphatic heterocycles. The van der Waals surface area contributed by atoms with E-state index in [-0.39, 0.29) is 48.9 Å². The zero-order valence-electron chi connectivity index (χ0n) is 23.6. The van der Waals surface area contributed by atoms with Crippen molar-refractivity contribution < 1.29 is 29.2 Å². The average Bonchev–Trinajstić information content (AvgIpc) is 3.41. The predicted molar refractivity (Wildman–Crippen MR) is 146 cm³/mol. The normalized spacial score (nSPS) is 26.4. The fourth-order valence-corrected chi connectivity index (χ4v) is 7.57. The van der Waals surface area contributed by atoms with Gasteiger partial charge in [-0.05, 0) is 51.3 Å². The molecule has 1 amide bonds. The molecule has 4 heterocycles. The van der Waals surface area contributed by atoms with E-state index in [4.69, 9.17) is 14.2 Å². The third kappa shape index (κ3) is 3.64. The maximum absolute atomic E-state index is 12.7. The third-order valence-corrected chi connectivity index (χ3v) is 9.26. The number of rotatable bonds is 5. The molecule has 4 aliphatic rings. The van der Waals surface area contributed by atoms with Crippen LogP contribution in [-0.4, -0.2) is 71.5 Å². The molecule has 40 heavy (non-hydrogen) atoms. The van der Waals surface area contributed by atoms with Gasteiger partial charge in [0.15, 0.2) is 23.0 Å². The Bertz CT molecular complexity index is 1430. The molecule has 1 fully saturated rings. The smallest absolute Gasteiger partial charge is 0.231 e. The second-order valence-electron chi connectivity index (χ2n) is 11.3. The van der Waals surface area contributed by atoms with Crippen molar-refractivity contribution in [1.82, 2.24) is 15.1 Å². The van der Waals surface area contributed by atoms with Crippen molar-refractivity contribution in [3.05, 3.63) is 39.4 Å². The quantitative estimate of drug-likeness (QED) is 0.516. The molecule has 1 unspecified atom stereocenters. The van der Waals surface area contributed by atoms with Gasteiger partial charge in [-0.3, -0.25) is 14.6 Å². The first-order valence-electron chi connectivity index (χ1n) is 13.9. The predicted octanol–water partition coefficient (Wildman–Crippen LogP) is 3.14. The molecule has 0 saturated carbocycles. The molecule has 6 rings (SSSR count). The number of nitrogens with one attached hydrogen (secondary N) is 1. The summed E-state index contributed by atoms with van der Waals surface area (Å²) >= 11 is 0. The number of phenols is 2. The van der Waals surface area contributed by atoms with Gasteiger partial charge < -0.3 is 29.7 Å². The van der Waals surface area contributed by atoms with E-state index in [0.29, 0.717) is 42.1 Å². The number of hydrogen-bond acceptors (Lipinski definition) is 9. The maximum Gasteiger partial charge on any atom is 0.231 e. The molecule has 0 aliphatic carbocycles. The van der Waals surface area contributed by atoms with Crippen molar-refractivity contribution in [3.8, 4) is 34.8 Å². The third-order valence-electron chi connectivity index (χ3n) is 9.26. The Labute approximate surface area is 234 Å². The largest absolute Gasteiger partial charge is 0.507 e. The minimum absolute atomic E-state index is 0.0421. The van der Waals surface area contributed by atoms with Gasteiger partial charge in [-0.15, -0.1) is 0 Å². The summed E-state index contributed by atoms with van der Waals surface area (Å²) in [6.45, 7) is 5.97. The van der Waals surface area contributed by atoms with Gasteiger partial charge in [0.05, 0.1) is 25.3 Å². The number of methoxy groups -OCH3 is 1. The number of nitriles is 1. The molecular weight excluding hydrogens is 512 g/mol. The average molecular weight is 549 g/mol. The first kappa shape index (κ1) is 26.5. The molecule has 1 saturated heterocycles. The SMILES string of the molecule is CCCC(=O)NC[C@H]1c2c(c(O)c(C)c3c2OCO3)CC2[C@@H]3c4c(cc(C)c(OC)c4O)C[C@@H]([C@H](C#N)N21)N3C. The van der Waals surface area contributed by atoms with E-state index in [9.17, 15) is 20.3 Å². The Morgan fingerprint density at radius 2 is 1.93 bits per heavy atom. The van der Waals surface area contributed by atoms with Crippen molar-refractivity contribution in [1.29, 1.82) is 5.26 Å². The van der Waals surface area contributed by atoms with Crippen molar-refractivity contribution in [2.75, 3.05) is 27.5 Å². The van der Waals surface area contributed by atoms with Gasteiger partial charge in [0, 0.05) is 47.3 Å². The Kier molecular flexibility index (Phi) is 6.47. The summed E-state index contributed by atoms with van der Waals surface area (Å²) < 4.78 is 17.3. The molecule has 10 heteroatoms. The maximum atomic E-state index is 12.7. The Morgan fingerprint density at radius 1 is 1.18 bits per heavy atom. The lowest BCUT2D eigenvalue weighted by atomic mass is 9.71. The molecule has 0 radical (unpaired) electrons. The van der Waals surface area contributed by atoms with Gasteiger partial charge in [-0.1, -0.05) is 13.0 Å². The van der Waals surface area contributed by atoms with Crippen LogP contribution in [0.25, 0.3) is 0 Å². The van der Waals surface area contributed by atoms with Crippen molar-refractivity contribution in [2.45, 2.75) is 76.7 Å². The number of carbonyl (C=O) groups is 1. The molecular formula is C30H36N4O6. The topological polar surface area (TPSA) is 128 Å². The van der Waals surface area contributed by atoms with Crippen LogP contribution < -0.4 is 19.5 Å². The molecule has 10 nitrogen and oxygen atoms in total. The zero-order valence-corrected chi connectivity index (χ0v) is 23.6. The summed E-state index contributed by atoms with van der Waals surface area (Å²) in [4.78, 5) is 17.1. The highest BCUT2D eigenvalue weighted by molar-refractivity contribution is 5.76. The Hall–Kier alpha value is -3.68. The second-order valence-corrected chi connectivity index (χ2v) is 11.3. The fraction of sp³-hybridized carbons (Fsp3) is 0.533. The number of amides is 1. The fourth-order valence-electron chi connectivity index (χ4n) is 7.57. The van der Waals surface area contributed by atoms with E-state index in [2.05, 4.69) is 27.3 Å². The van der Waals surface area contributed by atoms with Crippen LogP contribution in [0.2, 0.25) is 0 Å². The number of aryl methyl sites for hydroxylation is 1. The standard InChI is InChI=1S/C30H36N4O6/c1-6-7-22(35)32-12-21-24-17(26(36)15(3)29-30(24)40-13-39-29)10-19-25-23-16(8-14(2)28(38-5)27(23)37)9-18(33(25)4)20(11-31)34(19)21/h8,18-21,25,36-37H,6-7,9-10,12-13H2,1-5H3,(H,32,35)/t18-,19?,20-,21-,25+/m0/s1. The number of likely N-dealkylation sites (N-methyl/N-ethyl adjacent to an activating group) is 1. The van der Waals surface area contributed by atoms with E-state index >= 15 is 0 Å². The number of piperazine rings is 1. The molecule has 0 aromatic heterocycles. The van der Waals surface area contributed by atoms with Crippen LogP contribution in [-0.2, 0) is 17.6 Å². The first-order chi connectivity index (χ1) is 19.2. The molecule has 2 aromatic rings. The van der Waals surface area contributed by atoms with E-state index in [1.54, 1.807) is 7.11 Å². The van der Waals surface area contributed by atoms with Crippen LogP contribution in [0.1, 0.15) is 65.2 Å². The Balaban J connectivity index is 1.57. The lowest BCUT2D eigenvalue weighted by Gasteiger charge is -2.60. The highest BCUT2D eigenvalue weighted by Crippen LogP contribution is 2.58. The number of fused-ring (bicyclic) bond motifs is 9. The molecule has 2 bridgehead atoms. The van der Waals surface area contributed by atoms with E-state index in [1.807, 2.05) is 27.8 Å². The molecule has 0 spiro atoms. The van der Waals surface area contributed by atoms with E-state index in [0.717, 1.165) is 34.2 Å². The monoisotopic (exact) mass is 548 g/mol.